The average molecular weight is 287 g/mol. The first-order chi connectivity index (χ1) is 10.1. The van der Waals surface area contributed by atoms with Gasteiger partial charge < -0.3 is 10.1 Å². The highest BCUT2D eigenvalue weighted by atomic mass is 19.1. The fourth-order valence-electron chi connectivity index (χ4n) is 2.65. The van der Waals surface area contributed by atoms with Gasteiger partial charge in [0.1, 0.15) is 11.6 Å². The number of hydrogen-bond donors (Lipinski definition) is 1. The van der Waals surface area contributed by atoms with Crippen LogP contribution in [0.15, 0.2) is 36.4 Å². The molecule has 21 heavy (non-hydrogen) atoms. The van der Waals surface area contributed by atoms with Gasteiger partial charge in [0.15, 0.2) is 0 Å². The maximum absolute atomic E-state index is 13.3. The number of rotatable bonds is 5. The Bertz CT molecular complexity index is 625. The molecule has 0 fully saturated rings. The number of hydrogen-bond acceptors (Lipinski definition) is 2. The van der Waals surface area contributed by atoms with Crippen LogP contribution >= 0.6 is 0 Å². The Balaban J connectivity index is 2.48. The molecule has 0 aliphatic carbocycles. The fourth-order valence-corrected chi connectivity index (χ4v) is 2.65. The summed E-state index contributed by atoms with van der Waals surface area (Å²) in [6.07, 6.45) is 0. The lowest BCUT2D eigenvalue weighted by molar-refractivity contribution is 0.414. The first-order valence-electron chi connectivity index (χ1n) is 7.20. The van der Waals surface area contributed by atoms with Gasteiger partial charge in [0.25, 0.3) is 0 Å². The summed E-state index contributed by atoms with van der Waals surface area (Å²) in [7, 11) is 1.67. The summed E-state index contributed by atoms with van der Waals surface area (Å²) < 4.78 is 18.6. The van der Waals surface area contributed by atoms with Crippen LogP contribution in [-0.2, 0) is 0 Å². The first kappa shape index (κ1) is 15.5. The Kier molecular flexibility index (Phi) is 4.97. The summed E-state index contributed by atoms with van der Waals surface area (Å²) in [5.41, 5.74) is 4.40. The lowest BCUT2D eigenvalue weighted by atomic mass is 9.92. The monoisotopic (exact) mass is 287 g/mol. The quantitative estimate of drug-likeness (QED) is 0.892. The van der Waals surface area contributed by atoms with Crippen LogP contribution in [0.5, 0.6) is 5.75 Å². The van der Waals surface area contributed by atoms with Crippen LogP contribution in [0.25, 0.3) is 0 Å². The second-order valence-electron chi connectivity index (χ2n) is 5.21. The highest BCUT2D eigenvalue weighted by Crippen LogP contribution is 2.29. The Morgan fingerprint density at radius 1 is 1.05 bits per heavy atom. The zero-order valence-electron chi connectivity index (χ0n) is 13.0. The van der Waals surface area contributed by atoms with Crippen LogP contribution < -0.4 is 10.1 Å². The van der Waals surface area contributed by atoms with E-state index in [0.29, 0.717) is 0 Å². The molecule has 2 nitrogen and oxygen atoms in total. The molecule has 112 valence electrons. The van der Waals surface area contributed by atoms with Gasteiger partial charge in [-0.15, -0.1) is 0 Å². The summed E-state index contributed by atoms with van der Waals surface area (Å²) in [4.78, 5) is 0. The lowest BCUT2D eigenvalue weighted by Gasteiger charge is -2.23. The van der Waals surface area contributed by atoms with Crippen LogP contribution in [0.4, 0.5) is 4.39 Å². The number of benzene rings is 2. The molecule has 2 rings (SSSR count). The number of methoxy groups -OCH3 is 1. The van der Waals surface area contributed by atoms with E-state index >= 15 is 0 Å². The van der Waals surface area contributed by atoms with Crippen molar-refractivity contribution in [3.05, 3.63) is 64.5 Å². The van der Waals surface area contributed by atoms with Crippen LogP contribution in [0.1, 0.15) is 35.2 Å². The molecule has 0 saturated heterocycles. The molecular weight excluding hydrogens is 265 g/mol. The molecular formula is C18H22FNO. The van der Waals surface area contributed by atoms with E-state index in [1.807, 2.05) is 25.1 Å². The van der Waals surface area contributed by atoms with Gasteiger partial charge in [-0.05, 0) is 66.9 Å². The van der Waals surface area contributed by atoms with Crippen LogP contribution in [0, 0.1) is 19.7 Å². The van der Waals surface area contributed by atoms with Crippen LogP contribution in [-0.4, -0.2) is 13.7 Å². The summed E-state index contributed by atoms with van der Waals surface area (Å²) in [5, 5.41) is 3.49. The first-order valence-corrected chi connectivity index (χ1v) is 7.20. The second-order valence-corrected chi connectivity index (χ2v) is 5.21. The lowest BCUT2D eigenvalue weighted by Crippen LogP contribution is -2.23. The Morgan fingerprint density at radius 3 is 2.19 bits per heavy atom. The van der Waals surface area contributed by atoms with Gasteiger partial charge >= 0.3 is 0 Å². The van der Waals surface area contributed by atoms with Crippen LogP contribution in [0.3, 0.4) is 0 Å². The summed E-state index contributed by atoms with van der Waals surface area (Å²) in [5.74, 6) is 0.653. The predicted molar refractivity (Wildman–Crippen MR) is 84.4 cm³/mol. The van der Waals surface area contributed by atoms with Gasteiger partial charge in [0.2, 0.25) is 0 Å². The molecule has 1 unspecified atom stereocenters. The van der Waals surface area contributed by atoms with E-state index in [-0.39, 0.29) is 11.9 Å². The van der Waals surface area contributed by atoms with Gasteiger partial charge in [-0.3, -0.25) is 0 Å². The van der Waals surface area contributed by atoms with E-state index in [4.69, 9.17) is 4.74 Å². The minimum Gasteiger partial charge on any atom is -0.497 e. The van der Waals surface area contributed by atoms with Crippen molar-refractivity contribution in [2.75, 3.05) is 13.7 Å². The Hall–Kier alpha value is -1.87. The summed E-state index contributed by atoms with van der Waals surface area (Å²) >= 11 is 0. The molecule has 2 aromatic rings. The maximum atomic E-state index is 13.3. The molecule has 0 aromatic heterocycles. The van der Waals surface area contributed by atoms with E-state index in [1.54, 1.807) is 13.2 Å². The summed E-state index contributed by atoms with van der Waals surface area (Å²) in [6, 6.07) is 11.1. The number of aryl methyl sites for hydroxylation is 2. The largest absolute Gasteiger partial charge is 0.497 e. The number of halogens is 1. The van der Waals surface area contributed by atoms with Crippen molar-refractivity contribution in [2.45, 2.75) is 26.8 Å². The van der Waals surface area contributed by atoms with E-state index in [1.165, 1.54) is 11.6 Å². The highest BCUT2D eigenvalue weighted by Gasteiger charge is 2.17. The van der Waals surface area contributed by atoms with Crippen LogP contribution in [0.2, 0.25) is 0 Å². The third-order valence-corrected chi connectivity index (χ3v) is 3.74. The van der Waals surface area contributed by atoms with Gasteiger partial charge in [-0.2, -0.15) is 0 Å². The molecule has 0 aliphatic heterocycles. The normalized spacial score (nSPS) is 12.2. The Labute approximate surface area is 126 Å². The molecule has 0 radical (unpaired) electrons. The molecule has 0 aliphatic rings. The fraction of sp³-hybridized carbons (Fsp3) is 0.333. The van der Waals surface area contributed by atoms with Crippen molar-refractivity contribution in [3.8, 4) is 5.75 Å². The van der Waals surface area contributed by atoms with Crippen molar-refractivity contribution >= 4 is 0 Å². The van der Waals surface area contributed by atoms with E-state index in [2.05, 4.69) is 25.2 Å². The molecule has 0 amide bonds. The van der Waals surface area contributed by atoms with E-state index < -0.39 is 0 Å². The number of ether oxygens (including phenoxy) is 1. The molecule has 3 heteroatoms. The minimum absolute atomic E-state index is 0.0570. The van der Waals surface area contributed by atoms with Crippen molar-refractivity contribution in [1.29, 1.82) is 0 Å². The Morgan fingerprint density at radius 2 is 1.67 bits per heavy atom. The number of nitrogens with one attached hydrogen (secondary N) is 1. The molecule has 1 atom stereocenters. The van der Waals surface area contributed by atoms with Gasteiger partial charge in [-0.25, -0.2) is 4.39 Å². The predicted octanol–water partition coefficient (Wildman–Crippen LogP) is 4.15. The second kappa shape index (κ2) is 6.72. The van der Waals surface area contributed by atoms with E-state index in [0.717, 1.165) is 29.0 Å². The van der Waals surface area contributed by atoms with E-state index in [9.17, 15) is 4.39 Å². The van der Waals surface area contributed by atoms with Gasteiger partial charge in [0.05, 0.1) is 13.2 Å². The smallest absolute Gasteiger partial charge is 0.123 e. The van der Waals surface area contributed by atoms with Gasteiger partial charge in [-0.1, -0.05) is 19.1 Å². The molecule has 0 saturated carbocycles. The minimum atomic E-state index is -0.196. The zero-order chi connectivity index (χ0) is 15.4. The van der Waals surface area contributed by atoms with Crippen molar-refractivity contribution in [2.24, 2.45) is 0 Å². The average Bonchev–Trinajstić information content (AvgIpc) is 2.46. The van der Waals surface area contributed by atoms with Crippen molar-refractivity contribution in [3.63, 3.8) is 0 Å². The summed E-state index contributed by atoms with van der Waals surface area (Å²) in [6.45, 7) is 6.93. The topological polar surface area (TPSA) is 21.3 Å². The molecule has 0 spiro atoms. The maximum Gasteiger partial charge on any atom is 0.123 e. The third-order valence-electron chi connectivity index (χ3n) is 3.74. The third kappa shape index (κ3) is 3.42. The molecule has 0 bridgehead atoms. The van der Waals surface area contributed by atoms with Crippen molar-refractivity contribution < 1.29 is 9.13 Å². The SMILES string of the molecule is CCNC(c1ccc(F)cc1C)c1ccc(OC)cc1C. The highest BCUT2D eigenvalue weighted by molar-refractivity contribution is 5.43. The molecule has 1 N–H and O–H groups in total. The zero-order valence-corrected chi connectivity index (χ0v) is 13.0. The standard InChI is InChI=1S/C18H22FNO/c1-5-20-18(16-8-6-14(19)10-12(16)2)17-9-7-15(21-4)11-13(17)3/h6-11,18,20H,5H2,1-4H3. The van der Waals surface area contributed by atoms with Crippen molar-refractivity contribution in [1.82, 2.24) is 5.32 Å². The van der Waals surface area contributed by atoms with Gasteiger partial charge in [0, 0.05) is 0 Å². The molecule has 0 heterocycles. The molecule has 2 aromatic carbocycles.